The van der Waals surface area contributed by atoms with Gasteiger partial charge in [-0.3, -0.25) is 9.59 Å². The number of hydrogen-bond donors (Lipinski definition) is 1. The van der Waals surface area contributed by atoms with Crippen molar-refractivity contribution >= 4 is 11.9 Å². The Morgan fingerprint density at radius 3 is 2.52 bits per heavy atom. The van der Waals surface area contributed by atoms with Crippen molar-refractivity contribution < 1.29 is 19.4 Å². The first kappa shape index (κ1) is 19.0. The largest absolute Gasteiger partial charge is 0.508 e. The number of benzene rings is 2. The van der Waals surface area contributed by atoms with Gasteiger partial charge in [-0.2, -0.15) is 0 Å². The summed E-state index contributed by atoms with van der Waals surface area (Å²) in [5, 5.41) is 9.43. The van der Waals surface area contributed by atoms with Gasteiger partial charge in [0.1, 0.15) is 5.75 Å². The molecule has 1 aliphatic heterocycles. The van der Waals surface area contributed by atoms with E-state index < -0.39 is 5.92 Å². The lowest BCUT2D eigenvalue weighted by Gasteiger charge is -2.30. The van der Waals surface area contributed by atoms with Crippen molar-refractivity contribution in [1.29, 1.82) is 0 Å². The number of esters is 1. The number of carbonyl (C=O) groups is 2. The number of phenolic OH excluding ortho intramolecular Hbond substituents is 1. The third-order valence-electron chi connectivity index (χ3n) is 4.94. The average Bonchev–Trinajstić information content (AvgIpc) is 2.68. The molecule has 1 unspecified atom stereocenters. The maximum absolute atomic E-state index is 12.8. The highest BCUT2D eigenvalue weighted by Gasteiger charge is 2.28. The Hall–Kier alpha value is -2.82. The van der Waals surface area contributed by atoms with Crippen LogP contribution < -0.4 is 0 Å². The van der Waals surface area contributed by atoms with E-state index in [0.717, 1.165) is 12.0 Å². The van der Waals surface area contributed by atoms with Crippen molar-refractivity contribution in [2.24, 2.45) is 5.92 Å². The molecule has 1 atom stereocenters. The molecule has 1 heterocycles. The number of amides is 1. The number of fused-ring (bicyclic) bond motifs is 1. The molecule has 0 aliphatic carbocycles. The molecular formula is C22H25NO4. The number of carbonyl (C=O) groups excluding carboxylic acids is 2. The van der Waals surface area contributed by atoms with Gasteiger partial charge in [0.25, 0.3) is 0 Å². The summed E-state index contributed by atoms with van der Waals surface area (Å²) in [6.07, 6.45) is 1.38. The molecule has 1 amide bonds. The van der Waals surface area contributed by atoms with Crippen molar-refractivity contribution in [2.75, 3.05) is 13.2 Å². The zero-order chi connectivity index (χ0) is 19.2. The van der Waals surface area contributed by atoms with E-state index in [4.69, 9.17) is 4.74 Å². The van der Waals surface area contributed by atoms with Crippen molar-refractivity contribution in [3.05, 3.63) is 65.2 Å². The highest BCUT2D eigenvalue weighted by atomic mass is 16.5. The second kappa shape index (κ2) is 8.71. The molecule has 5 nitrogen and oxygen atoms in total. The molecule has 1 N–H and O–H groups in total. The Balaban J connectivity index is 1.68. The summed E-state index contributed by atoms with van der Waals surface area (Å²) in [7, 11) is 0. The minimum absolute atomic E-state index is 0.0265. The first-order valence-corrected chi connectivity index (χ1v) is 9.36. The summed E-state index contributed by atoms with van der Waals surface area (Å²) in [5.74, 6) is -0.730. The first-order chi connectivity index (χ1) is 13.1. The number of rotatable bonds is 6. The maximum atomic E-state index is 12.8. The number of ether oxygens (including phenoxy) is 1. The number of aromatic hydroxyl groups is 1. The Labute approximate surface area is 159 Å². The number of phenols is 1. The predicted octanol–water partition coefficient (Wildman–Crippen LogP) is 3.09. The molecule has 0 fully saturated rings. The van der Waals surface area contributed by atoms with E-state index in [-0.39, 0.29) is 30.7 Å². The van der Waals surface area contributed by atoms with Gasteiger partial charge in [-0.25, -0.2) is 0 Å². The summed E-state index contributed by atoms with van der Waals surface area (Å²) < 4.78 is 5.19. The van der Waals surface area contributed by atoms with Crippen LogP contribution in [0.5, 0.6) is 5.75 Å². The fourth-order valence-electron chi connectivity index (χ4n) is 3.46. The van der Waals surface area contributed by atoms with E-state index in [2.05, 4.69) is 6.07 Å². The van der Waals surface area contributed by atoms with Crippen molar-refractivity contribution in [3.8, 4) is 5.75 Å². The highest BCUT2D eigenvalue weighted by molar-refractivity contribution is 5.83. The molecule has 3 rings (SSSR count). The van der Waals surface area contributed by atoms with E-state index in [1.54, 1.807) is 31.2 Å². The summed E-state index contributed by atoms with van der Waals surface area (Å²) in [6.45, 7) is 3.31. The third kappa shape index (κ3) is 4.88. The van der Waals surface area contributed by atoms with Crippen molar-refractivity contribution in [1.82, 2.24) is 4.90 Å². The van der Waals surface area contributed by atoms with Crippen LogP contribution in [0.25, 0.3) is 0 Å². The summed E-state index contributed by atoms with van der Waals surface area (Å²) >= 11 is 0. The van der Waals surface area contributed by atoms with E-state index in [9.17, 15) is 14.7 Å². The van der Waals surface area contributed by atoms with Gasteiger partial charge < -0.3 is 14.7 Å². The molecule has 0 bridgehead atoms. The lowest BCUT2D eigenvalue weighted by Crippen LogP contribution is -2.38. The normalized spacial score (nSPS) is 14.3. The average molecular weight is 367 g/mol. The van der Waals surface area contributed by atoms with E-state index in [0.29, 0.717) is 19.5 Å². The van der Waals surface area contributed by atoms with Crippen LogP contribution in [-0.2, 0) is 33.7 Å². The lowest BCUT2D eigenvalue weighted by atomic mass is 9.94. The maximum Gasteiger partial charge on any atom is 0.309 e. The van der Waals surface area contributed by atoms with Gasteiger partial charge in [-0.05, 0) is 48.6 Å². The molecule has 0 radical (unpaired) electrons. The minimum atomic E-state index is -0.529. The van der Waals surface area contributed by atoms with Crippen LogP contribution in [-0.4, -0.2) is 35.0 Å². The van der Waals surface area contributed by atoms with E-state index in [1.165, 1.54) is 11.1 Å². The summed E-state index contributed by atoms with van der Waals surface area (Å²) in [4.78, 5) is 27.1. The molecule has 0 aromatic heterocycles. The van der Waals surface area contributed by atoms with Gasteiger partial charge in [-0.15, -0.1) is 0 Å². The van der Waals surface area contributed by atoms with Gasteiger partial charge in [0, 0.05) is 19.5 Å². The minimum Gasteiger partial charge on any atom is -0.508 e. The van der Waals surface area contributed by atoms with Crippen LogP contribution >= 0.6 is 0 Å². The zero-order valence-electron chi connectivity index (χ0n) is 15.6. The van der Waals surface area contributed by atoms with E-state index >= 15 is 0 Å². The quantitative estimate of drug-likeness (QED) is 0.797. The van der Waals surface area contributed by atoms with Crippen molar-refractivity contribution in [2.45, 2.75) is 32.7 Å². The first-order valence-electron chi connectivity index (χ1n) is 9.36. The molecule has 1 aliphatic rings. The Morgan fingerprint density at radius 2 is 1.81 bits per heavy atom. The fraction of sp³-hybridized carbons (Fsp3) is 0.364. The van der Waals surface area contributed by atoms with Crippen LogP contribution in [0.3, 0.4) is 0 Å². The molecule has 0 spiro atoms. The zero-order valence-corrected chi connectivity index (χ0v) is 15.6. The predicted molar refractivity (Wildman–Crippen MR) is 102 cm³/mol. The van der Waals surface area contributed by atoms with Crippen LogP contribution in [0.1, 0.15) is 30.0 Å². The monoisotopic (exact) mass is 367 g/mol. The molecule has 2 aromatic rings. The van der Waals surface area contributed by atoms with Crippen LogP contribution in [0.15, 0.2) is 48.5 Å². The van der Waals surface area contributed by atoms with Gasteiger partial charge in [-0.1, -0.05) is 36.4 Å². The molecule has 27 heavy (non-hydrogen) atoms. The molecule has 2 aromatic carbocycles. The molecule has 5 heteroatoms. The van der Waals surface area contributed by atoms with Crippen LogP contribution in [0.4, 0.5) is 0 Å². The lowest BCUT2D eigenvalue weighted by molar-refractivity contribution is -0.151. The Kier molecular flexibility index (Phi) is 6.12. The number of hydrogen-bond acceptors (Lipinski definition) is 4. The van der Waals surface area contributed by atoms with Gasteiger partial charge in [0.2, 0.25) is 5.91 Å². The van der Waals surface area contributed by atoms with Crippen LogP contribution in [0, 0.1) is 5.92 Å². The smallest absolute Gasteiger partial charge is 0.309 e. The van der Waals surface area contributed by atoms with Crippen molar-refractivity contribution in [3.63, 3.8) is 0 Å². The van der Waals surface area contributed by atoms with Gasteiger partial charge >= 0.3 is 5.97 Å². The summed E-state index contributed by atoms with van der Waals surface area (Å²) in [6, 6.07) is 14.9. The van der Waals surface area contributed by atoms with Gasteiger partial charge in [0.15, 0.2) is 0 Å². The Bertz CT molecular complexity index is 800. The summed E-state index contributed by atoms with van der Waals surface area (Å²) in [5.41, 5.74) is 3.35. The SMILES string of the molecule is CCOC(=O)C(CC(=O)N1CCc2ccccc2C1)Cc1ccc(O)cc1. The third-order valence-corrected chi connectivity index (χ3v) is 4.94. The fourth-order valence-corrected chi connectivity index (χ4v) is 3.46. The van der Waals surface area contributed by atoms with Crippen LogP contribution in [0.2, 0.25) is 0 Å². The highest BCUT2D eigenvalue weighted by Crippen LogP contribution is 2.22. The molecule has 0 saturated carbocycles. The Morgan fingerprint density at radius 1 is 1.11 bits per heavy atom. The molecule has 0 saturated heterocycles. The second-order valence-corrected chi connectivity index (χ2v) is 6.86. The second-order valence-electron chi connectivity index (χ2n) is 6.86. The van der Waals surface area contributed by atoms with E-state index in [1.807, 2.05) is 23.1 Å². The molecular weight excluding hydrogens is 342 g/mol. The number of nitrogens with zero attached hydrogens (tertiary/aromatic N) is 1. The standard InChI is InChI=1S/C22H25NO4/c1-2-27-22(26)19(13-16-7-9-20(24)10-8-16)14-21(25)23-12-11-17-5-3-4-6-18(17)15-23/h3-10,19,24H,2,11-15H2,1H3. The van der Waals surface area contributed by atoms with Gasteiger partial charge in [0.05, 0.1) is 12.5 Å². The topological polar surface area (TPSA) is 66.8 Å². The molecule has 142 valence electrons.